The number of amides is 2. The van der Waals surface area contributed by atoms with Gasteiger partial charge in [-0.1, -0.05) is 41.5 Å². The van der Waals surface area contributed by atoms with Crippen LogP contribution in [0, 0.1) is 20.8 Å². The first-order chi connectivity index (χ1) is 12.5. The van der Waals surface area contributed by atoms with Crippen LogP contribution in [-0.2, 0) is 0 Å². The molecule has 0 unspecified atom stereocenters. The van der Waals surface area contributed by atoms with E-state index < -0.39 is 11.8 Å². The average Bonchev–Trinajstić information content (AvgIpc) is 2.64. The van der Waals surface area contributed by atoms with Crippen molar-refractivity contribution in [2.24, 2.45) is 0 Å². The highest BCUT2D eigenvalue weighted by molar-refractivity contribution is 6.25. The summed E-state index contributed by atoms with van der Waals surface area (Å²) in [6, 6.07) is 17.9. The first-order valence-corrected chi connectivity index (χ1v) is 8.41. The van der Waals surface area contributed by atoms with E-state index in [-0.39, 0.29) is 0 Å². The van der Waals surface area contributed by atoms with Gasteiger partial charge in [-0.2, -0.15) is 0 Å². The maximum absolute atomic E-state index is 13.2. The van der Waals surface area contributed by atoms with E-state index in [1.54, 1.807) is 36.5 Å². The molecule has 0 saturated heterocycles. The Morgan fingerprint density at radius 1 is 0.731 bits per heavy atom. The number of rotatable bonds is 3. The zero-order valence-electron chi connectivity index (χ0n) is 15.1. The molecule has 1 heterocycles. The van der Waals surface area contributed by atoms with E-state index in [4.69, 9.17) is 0 Å². The summed E-state index contributed by atoms with van der Waals surface area (Å²) in [7, 11) is 0. The predicted molar refractivity (Wildman–Crippen MR) is 102 cm³/mol. The van der Waals surface area contributed by atoms with Crippen molar-refractivity contribution in [3.05, 3.63) is 94.7 Å². The molecule has 26 heavy (non-hydrogen) atoms. The molecule has 0 atom stereocenters. The Balaban J connectivity index is 2.08. The highest BCUT2D eigenvalue weighted by Gasteiger charge is 2.28. The van der Waals surface area contributed by atoms with Gasteiger partial charge in [0.1, 0.15) is 5.82 Å². The molecule has 130 valence electrons. The minimum absolute atomic E-state index is 0.351. The number of hydrogen-bond acceptors (Lipinski definition) is 3. The molecule has 2 amide bonds. The first kappa shape index (κ1) is 17.5. The van der Waals surface area contributed by atoms with E-state index in [9.17, 15) is 9.59 Å². The van der Waals surface area contributed by atoms with Crippen LogP contribution in [0.4, 0.5) is 5.82 Å². The van der Waals surface area contributed by atoms with Crippen molar-refractivity contribution in [3.8, 4) is 0 Å². The SMILES string of the molecule is Cc1ccc(C(=O)N(C(=O)c2ccc(C)cc2)c2ncccc2C)cc1. The van der Waals surface area contributed by atoms with E-state index in [0.29, 0.717) is 16.9 Å². The summed E-state index contributed by atoms with van der Waals surface area (Å²) in [5.41, 5.74) is 3.75. The summed E-state index contributed by atoms with van der Waals surface area (Å²) >= 11 is 0. The van der Waals surface area contributed by atoms with Crippen LogP contribution in [0.5, 0.6) is 0 Å². The molecule has 4 nitrogen and oxygen atoms in total. The van der Waals surface area contributed by atoms with E-state index in [1.165, 1.54) is 0 Å². The predicted octanol–water partition coefficient (Wildman–Crippen LogP) is 4.49. The van der Waals surface area contributed by atoms with Crippen LogP contribution in [-0.4, -0.2) is 16.8 Å². The number of nitrogens with zero attached hydrogens (tertiary/aromatic N) is 2. The molecule has 1 aromatic heterocycles. The van der Waals surface area contributed by atoms with Crippen LogP contribution in [0.1, 0.15) is 37.4 Å². The fourth-order valence-electron chi connectivity index (χ4n) is 2.65. The van der Waals surface area contributed by atoms with E-state index in [1.807, 2.05) is 51.1 Å². The number of hydrogen-bond donors (Lipinski definition) is 0. The van der Waals surface area contributed by atoms with Gasteiger partial charge in [0, 0.05) is 17.3 Å². The molecule has 3 rings (SSSR count). The van der Waals surface area contributed by atoms with Gasteiger partial charge in [0.05, 0.1) is 0 Å². The topological polar surface area (TPSA) is 50.3 Å². The third-order valence-electron chi connectivity index (χ3n) is 4.20. The molecule has 0 N–H and O–H groups in total. The van der Waals surface area contributed by atoms with Gasteiger partial charge < -0.3 is 0 Å². The van der Waals surface area contributed by atoms with Crippen molar-refractivity contribution in [3.63, 3.8) is 0 Å². The summed E-state index contributed by atoms with van der Waals surface area (Å²) in [6.45, 7) is 5.74. The van der Waals surface area contributed by atoms with Crippen molar-refractivity contribution < 1.29 is 9.59 Å². The smallest absolute Gasteiger partial charge is 0.266 e. The van der Waals surface area contributed by atoms with Crippen LogP contribution in [0.3, 0.4) is 0 Å². The van der Waals surface area contributed by atoms with Gasteiger partial charge in [0.25, 0.3) is 11.8 Å². The van der Waals surface area contributed by atoms with Crippen molar-refractivity contribution >= 4 is 17.6 Å². The van der Waals surface area contributed by atoms with Crippen LogP contribution in [0.2, 0.25) is 0 Å². The molecule has 3 aromatic rings. The summed E-state index contributed by atoms with van der Waals surface area (Å²) in [6.07, 6.45) is 1.58. The number of carbonyl (C=O) groups excluding carboxylic acids is 2. The van der Waals surface area contributed by atoms with Crippen LogP contribution in [0.15, 0.2) is 66.9 Å². The Morgan fingerprint density at radius 3 is 1.62 bits per heavy atom. The first-order valence-electron chi connectivity index (χ1n) is 8.41. The molecule has 4 heteroatoms. The third kappa shape index (κ3) is 3.54. The molecule has 0 aliphatic rings. The summed E-state index contributed by atoms with van der Waals surface area (Å²) in [5, 5.41) is 0. The van der Waals surface area contributed by atoms with E-state index in [0.717, 1.165) is 21.6 Å². The number of anilines is 1. The second-order valence-electron chi connectivity index (χ2n) is 6.32. The normalized spacial score (nSPS) is 10.4. The summed E-state index contributed by atoms with van der Waals surface area (Å²) in [4.78, 5) is 31.8. The lowest BCUT2D eigenvalue weighted by Gasteiger charge is -2.22. The van der Waals surface area contributed by atoms with Gasteiger partial charge in [0.2, 0.25) is 0 Å². The molecule has 0 radical (unpaired) electrons. The lowest BCUT2D eigenvalue weighted by molar-refractivity contribution is 0.0896. The van der Waals surface area contributed by atoms with Crippen molar-refractivity contribution in [2.45, 2.75) is 20.8 Å². The minimum atomic E-state index is -0.391. The zero-order valence-corrected chi connectivity index (χ0v) is 15.1. The van der Waals surface area contributed by atoms with E-state index >= 15 is 0 Å². The van der Waals surface area contributed by atoms with Gasteiger partial charge in [0.15, 0.2) is 0 Å². The fourth-order valence-corrected chi connectivity index (χ4v) is 2.65. The number of aryl methyl sites for hydroxylation is 3. The standard InChI is InChI=1S/C22H20N2O2/c1-15-6-10-18(11-7-15)21(25)24(20-17(3)5-4-14-23-20)22(26)19-12-8-16(2)9-13-19/h4-14H,1-3H3. The molecule has 0 saturated carbocycles. The van der Waals surface area contributed by atoms with Gasteiger partial charge in [-0.05, 0) is 56.7 Å². The maximum Gasteiger partial charge on any atom is 0.266 e. The highest BCUT2D eigenvalue weighted by Crippen LogP contribution is 2.22. The quantitative estimate of drug-likeness (QED) is 0.658. The van der Waals surface area contributed by atoms with Gasteiger partial charge in [-0.15, -0.1) is 0 Å². The molecule has 0 spiro atoms. The van der Waals surface area contributed by atoms with Gasteiger partial charge in [-0.3, -0.25) is 9.59 Å². The summed E-state index contributed by atoms with van der Waals surface area (Å²) in [5.74, 6) is -0.432. The lowest BCUT2D eigenvalue weighted by Crippen LogP contribution is -2.38. The average molecular weight is 344 g/mol. The maximum atomic E-state index is 13.2. The van der Waals surface area contributed by atoms with Gasteiger partial charge >= 0.3 is 0 Å². The zero-order chi connectivity index (χ0) is 18.7. The Hall–Kier alpha value is -3.27. The number of pyridine rings is 1. The Labute approximate surface area is 153 Å². The van der Waals surface area contributed by atoms with Crippen molar-refractivity contribution in [2.75, 3.05) is 4.90 Å². The highest BCUT2D eigenvalue weighted by atomic mass is 16.2. The molecule has 0 aliphatic heterocycles. The molecule has 0 bridgehead atoms. The Kier molecular flexibility index (Phi) is 4.94. The Bertz CT molecular complexity index is 887. The number of benzene rings is 2. The van der Waals surface area contributed by atoms with Crippen LogP contribution >= 0.6 is 0 Å². The molecule has 0 aliphatic carbocycles. The molecule has 0 fully saturated rings. The van der Waals surface area contributed by atoms with Gasteiger partial charge in [-0.25, -0.2) is 9.88 Å². The lowest BCUT2D eigenvalue weighted by atomic mass is 10.1. The second kappa shape index (κ2) is 7.31. The Morgan fingerprint density at radius 2 is 1.19 bits per heavy atom. The fraction of sp³-hybridized carbons (Fsp3) is 0.136. The van der Waals surface area contributed by atoms with E-state index in [2.05, 4.69) is 4.98 Å². The van der Waals surface area contributed by atoms with Crippen LogP contribution in [0.25, 0.3) is 0 Å². The number of imide groups is 1. The van der Waals surface area contributed by atoms with Crippen LogP contribution < -0.4 is 4.90 Å². The van der Waals surface area contributed by atoms with Crippen molar-refractivity contribution in [1.82, 2.24) is 4.98 Å². The molecular weight excluding hydrogens is 324 g/mol. The summed E-state index contributed by atoms with van der Waals surface area (Å²) < 4.78 is 0. The largest absolute Gasteiger partial charge is 0.268 e. The molecule has 2 aromatic carbocycles. The molecular formula is C22H20N2O2. The second-order valence-corrected chi connectivity index (χ2v) is 6.32. The third-order valence-corrected chi connectivity index (χ3v) is 4.20. The number of carbonyl (C=O) groups is 2. The monoisotopic (exact) mass is 344 g/mol. The number of aromatic nitrogens is 1. The van der Waals surface area contributed by atoms with Crippen molar-refractivity contribution in [1.29, 1.82) is 0 Å². The minimum Gasteiger partial charge on any atom is -0.268 e.